The van der Waals surface area contributed by atoms with Crippen LogP contribution >= 0.6 is 0 Å². The van der Waals surface area contributed by atoms with Gasteiger partial charge >= 0.3 is 5.97 Å². The summed E-state index contributed by atoms with van der Waals surface area (Å²) in [6, 6.07) is 10.0. The summed E-state index contributed by atoms with van der Waals surface area (Å²) in [7, 11) is 0. The third-order valence-electron chi connectivity index (χ3n) is 1.91. The second-order valence-electron chi connectivity index (χ2n) is 3.11. The van der Waals surface area contributed by atoms with Gasteiger partial charge in [0.15, 0.2) is 0 Å². The highest BCUT2D eigenvalue weighted by Crippen LogP contribution is 2.14. The van der Waals surface area contributed by atoms with Crippen LogP contribution in [0.1, 0.15) is 39.2 Å². The van der Waals surface area contributed by atoms with Gasteiger partial charge in [-0.25, -0.2) is 0 Å². The smallest absolute Gasteiger partial charge is 0.302 e. The van der Waals surface area contributed by atoms with E-state index >= 15 is 0 Å². The Morgan fingerprint density at radius 3 is 2.27 bits per heavy atom. The van der Waals surface area contributed by atoms with E-state index in [4.69, 9.17) is 4.74 Å². The number of hydrogen-bond acceptors (Lipinski definition) is 2. The van der Waals surface area contributed by atoms with E-state index in [1.807, 2.05) is 51.1 Å². The van der Waals surface area contributed by atoms with Crippen LogP contribution in [0.4, 0.5) is 0 Å². The van der Waals surface area contributed by atoms with Crippen molar-refractivity contribution in [1.82, 2.24) is 0 Å². The first-order valence-electron chi connectivity index (χ1n) is 5.38. The molecule has 0 aliphatic heterocycles. The lowest BCUT2D eigenvalue weighted by atomic mass is 10.0. The fourth-order valence-corrected chi connectivity index (χ4v) is 1.12. The molecule has 0 fully saturated rings. The van der Waals surface area contributed by atoms with Gasteiger partial charge in [-0.1, -0.05) is 51.1 Å². The van der Waals surface area contributed by atoms with Crippen molar-refractivity contribution in [1.29, 1.82) is 0 Å². The lowest BCUT2D eigenvalue weighted by Gasteiger charge is -2.10. The number of rotatable bonds is 3. The average molecular weight is 208 g/mol. The molecule has 1 rings (SSSR count). The van der Waals surface area contributed by atoms with Gasteiger partial charge < -0.3 is 4.74 Å². The summed E-state index contributed by atoms with van der Waals surface area (Å²) in [4.78, 5) is 10.6. The van der Waals surface area contributed by atoms with E-state index in [9.17, 15) is 4.79 Å². The van der Waals surface area contributed by atoms with Gasteiger partial charge in [-0.05, 0) is 5.56 Å². The lowest BCUT2D eigenvalue weighted by molar-refractivity contribution is -0.141. The van der Waals surface area contributed by atoms with Crippen LogP contribution in [-0.2, 0) is 9.53 Å². The molecule has 0 N–H and O–H groups in total. The molecule has 0 saturated heterocycles. The SMILES string of the molecule is CC.CC(=O)OCC(C)c1ccccc1. The zero-order chi connectivity index (χ0) is 11.7. The number of ether oxygens (including phenoxy) is 1. The van der Waals surface area contributed by atoms with Crippen molar-refractivity contribution >= 4 is 5.97 Å². The maximum atomic E-state index is 10.6. The number of carbonyl (C=O) groups is 1. The Kier molecular flexibility index (Phi) is 7.33. The highest BCUT2D eigenvalue weighted by molar-refractivity contribution is 5.65. The summed E-state index contributed by atoms with van der Waals surface area (Å²) in [6.45, 7) is 7.93. The van der Waals surface area contributed by atoms with Crippen molar-refractivity contribution in [2.24, 2.45) is 0 Å². The lowest BCUT2D eigenvalue weighted by Crippen LogP contribution is -2.07. The largest absolute Gasteiger partial charge is 0.465 e. The molecule has 15 heavy (non-hydrogen) atoms. The van der Waals surface area contributed by atoms with Gasteiger partial charge in [0.05, 0.1) is 6.61 Å². The summed E-state index contributed by atoms with van der Waals surface area (Å²) in [5.74, 6) is 0.0490. The van der Waals surface area contributed by atoms with E-state index in [-0.39, 0.29) is 11.9 Å². The van der Waals surface area contributed by atoms with Crippen molar-refractivity contribution in [2.45, 2.75) is 33.6 Å². The van der Waals surface area contributed by atoms with Gasteiger partial charge in [-0.2, -0.15) is 0 Å². The Hall–Kier alpha value is -1.31. The molecule has 2 nitrogen and oxygen atoms in total. The molecule has 1 unspecified atom stereocenters. The first-order chi connectivity index (χ1) is 7.20. The fourth-order valence-electron chi connectivity index (χ4n) is 1.12. The van der Waals surface area contributed by atoms with Crippen LogP contribution < -0.4 is 0 Å². The van der Waals surface area contributed by atoms with Crippen molar-refractivity contribution < 1.29 is 9.53 Å². The highest BCUT2D eigenvalue weighted by atomic mass is 16.5. The molecule has 1 atom stereocenters. The van der Waals surface area contributed by atoms with Gasteiger partial charge in [0.25, 0.3) is 0 Å². The van der Waals surface area contributed by atoms with Crippen molar-refractivity contribution in [3.05, 3.63) is 35.9 Å². The van der Waals surface area contributed by atoms with E-state index in [0.717, 1.165) is 0 Å². The molecule has 0 spiro atoms. The zero-order valence-electron chi connectivity index (χ0n) is 9.99. The van der Waals surface area contributed by atoms with Gasteiger partial charge in [0.2, 0.25) is 0 Å². The van der Waals surface area contributed by atoms with Gasteiger partial charge in [0.1, 0.15) is 0 Å². The molecule has 84 valence electrons. The van der Waals surface area contributed by atoms with E-state index in [1.54, 1.807) is 0 Å². The van der Waals surface area contributed by atoms with Crippen LogP contribution in [0.3, 0.4) is 0 Å². The maximum Gasteiger partial charge on any atom is 0.302 e. The maximum absolute atomic E-state index is 10.6. The van der Waals surface area contributed by atoms with Gasteiger partial charge in [-0.15, -0.1) is 0 Å². The van der Waals surface area contributed by atoms with Crippen LogP contribution in [0, 0.1) is 0 Å². The predicted molar refractivity (Wildman–Crippen MR) is 62.8 cm³/mol. The van der Waals surface area contributed by atoms with Gasteiger partial charge in [-0.3, -0.25) is 4.79 Å². The summed E-state index contributed by atoms with van der Waals surface area (Å²) in [5, 5.41) is 0. The van der Waals surface area contributed by atoms with Crippen LogP contribution in [0.15, 0.2) is 30.3 Å². The Balaban J connectivity index is 0.000000921. The minimum atomic E-state index is -0.220. The van der Waals surface area contributed by atoms with E-state index in [2.05, 4.69) is 0 Å². The fraction of sp³-hybridized carbons (Fsp3) is 0.462. The van der Waals surface area contributed by atoms with E-state index in [0.29, 0.717) is 6.61 Å². The summed E-state index contributed by atoms with van der Waals surface area (Å²) >= 11 is 0. The first-order valence-corrected chi connectivity index (χ1v) is 5.38. The molecule has 0 bridgehead atoms. The third-order valence-corrected chi connectivity index (χ3v) is 1.91. The quantitative estimate of drug-likeness (QED) is 0.712. The van der Waals surface area contributed by atoms with Crippen molar-refractivity contribution in [3.63, 3.8) is 0 Å². The molecule has 0 saturated carbocycles. The molecule has 0 aliphatic rings. The number of carbonyl (C=O) groups excluding carboxylic acids is 1. The van der Waals surface area contributed by atoms with Crippen molar-refractivity contribution in [3.8, 4) is 0 Å². The Labute approximate surface area is 92.3 Å². The van der Waals surface area contributed by atoms with Crippen LogP contribution in [0.25, 0.3) is 0 Å². The standard InChI is InChI=1S/C11H14O2.C2H6/c1-9(8-13-10(2)12)11-6-4-3-5-7-11;1-2/h3-7,9H,8H2,1-2H3;1-2H3. The molecule has 0 heterocycles. The molecule has 1 aromatic carbocycles. The molecule has 2 heteroatoms. The van der Waals surface area contributed by atoms with E-state index < -0.39 is 0 Å². The molecule has 0 aromatic heterocycles. The second-order valence-corrected chi connectivity index (χ2v) is 3.11. The summed E-state index contributed by atoms with van der Waals surface area (Å²) in [5.41, 5.74) is 1.20. The van der Waals surface area contributed by atoms with Crippen LogP contribution in [0.5, 0.6) is 0 Å². The number of benzene rings is 1. The molecule has 0 radical (unpaired) electrons. The summed E-state index contributed by atoms with van der Waals surface area (Å²) < 4.78 is 4.92. The normalized spacial score (nSPS) is 10.9. The Morgan fingerprint density at radius 2 is 1.80 bits per heavy atom. The van der Waals surface area contributed by atoms with E-state index in [1.165, 1.54) is 12.5 Å². The van der Waals surface area contributed by atoms with Crippen LogP contribution in [-0.4, -0.2) is 12.6 Å². The number of hydrogen-bond donors (Lipinski definition) is 0. The monoisotopic (exact) mass is 208 g/mol. The summed E-state index contributed by atoms with van der Waals surface area (Å²) in [6.07, 6.45) is 0. The number of esters is 1. The minimum Gasteiger partial charge on any atom is -0.465 e. The molecule has 1 aromatic rings. The van der Waals surface area contributed by atoms with Gasteiger partial charge in [0, 0.05) is 12.8 Å². The molecule has 0 aliphatic carbocycles. The minimum absolute atomic E-state index is 0.220. The highest BCUT2D eigenvalue weighted by Gasteiger charge is 2.05. The van der Waals surface area contributed by atoms with Crippen molar-refractivity contribution in [2.75, 3.05) is 6.61 Å². The Morgan fingerprint density at radius 1 is 1.27 bits per heavy atom. The predicted octanol–water partition coefficient (Wildman–Crippen LogP) is 3.38. The second kappa shape index (κ2) is 8.04. The topological polar surface area (TPSA) is 26.3 Å². The molecule has 0 amide bonds. The first kappa shape index (κ1) is 13.7. The third kappa shape index (κ3) is 5.89. The molecular formula is C13H20O2. The van der Waals surface area contributed by atoms with Crippen LogP contribution in [0.2, 0.25) is 0 Å². The zero-order valence-corrected chi connectivity index (χ0v) is 9.99. The molecular weight excluding hydrogens is 188 g/mol. The average Bonchev–Trinajstić information content (AvgIpc) is 2.30. The Bertz CT molecular complexity index is 267.